The Morgan fingerprint density at radius 3 is 2.60 bits per heavy atom. The second kappa shape index (κ2) is 9.57. The second-order valence-corrected chi connectivity index (χ2v) is 9.90. The van der Waals surface area contributed by atoms with Crippen molar-refractivity contribution in [3.63, 3.8) is 0 Å². The van der Waals surface area contributed by atoms with E-state index in [4.69, 9.17) is 9.72 Å². The van der Waals surface area contributed by atoms with Crippen molar-refractivity contribution >= 4 is 22.6 Å². The number of imidazole rings is 1. The summed E-state index contributed by atoms with van der Waals surface area (Å²) in [6.07, 6.45) is 0.466. The minimum Gasteiger partial charge on any atom is -0.491 e. The number of ether oxygens (including phenoxy) is 1. The molecule has 0 bridgehead atoms. The first-order chi connectivity index (χ1) is 16.9. The Kier molecular flexibility index (Phi) is 6.33. The van der Waals surface area contributed by atoms with Crippen molar-refractivity contribution in [2.75, 3.05) is 18.1 Å². The monoisotopic (exact) mass is 467 g/mol. The van der Waals surface area contributed by atoms with Crippen LogP contribution >= 0.6 is 0 Å². The number of anilines is 1. The van der Waals surface area contributed by atoms with Crippen LogP contribution in [0.3, 0.4) is 0 Å². The largest absolute Gasteiger partial charge is 0.491 e. The van der Waals surface area contributed by atoms with Gasteiger partial charge in [0, 0.05) is 24.6 Å². The van der Waals surface area contributed by atoms with E-state index in [-0.39, 0.29) is 11.8 Å². The molecule has 0 radical (unpaired) electrons. The fourth-order valence-electron chi connectivity index (χ4n) is 5.06. The van der Waals surface area contributed by atoms with E-state index in [1.807, 2.05) is 35.2 Å². The third-order valence-corrected chi connectivity index (χ3v) is 6.85. The van der Waals surface area contributed by atoms with Crippen molar-refractivity contribution in [3.05, 3.63) is 89.2 Å². The van der Waals surface area contributed by atoms with Gasteiger partial charge in [0.25, 0.3) is 0 Å². The second-order valence-electron chi connectivity index (χ2n) is 9.90. The molecule has 1 aliphatic heterocycles. The predicted molar refractivity (Wildman–Crippen MR) is 141 cm³/mol. The van der Waals surface area contributed by atoms with Crippen LogP contribution in [0.4, 0.5) is 5.69 Å². The Labute approximate surface area is 207 Å². The number of nitrogens with zero attached hydrogens (tertiary/aromatic N) is 3. The number of hydrogen-bond donors (Lipinski definition) is 0. The number of amides is 1. The fourth-order valence-corrected chi connectivity index (χ4v) is 5.06. The molecule has 35 heavy (non-hydrogen) atoms. The van der Waals surface area contributed by atoms with E-state index in [1.54, 1.807) is 0 Å². The molecule has 5 nitrogen and oxygen atoms in total. The number of hydrogen-bond acceptors (Lipinski definition) is 3. The van der Waals surface area contributed by atoms with Crippen molar-refractivity contribution in [1.29, 1.82) is 0 Å². The smallest absolute Gasteiger partial charge is 0.227 e. The molecule has 1 saturated heterocycles. The molecule has 0 aliphatic carbocycles. The average Bonchev–Trinajstić information content (AvgIpc) is 3.39. The summed E-state index contributed by atoms with van der Waals surface area (Å²) in [6, 6.07) is 22.8. The predicted octanol–water partition coefficient (Wildman–Crippen LogP) is 6.38. The summed E-state index contributed by atoms with van der Waals surface area (Å²) in [7, 11) is 0. The Morgan fingerprint density at radius 1 is 1.00 bits per heavy atom. The third kappa shape index (κ3) is 4.68. The van der Waals surface area contributed by atoms with Crippen molar-refractivity contribution in [1.82, 2.24) is 9.55 Å². The van der Waals surface area contributed by atoms with Gasteiger partial charge in [-0.15, -0.1) is 0 Å². The van der Waals surface area contributed by atoms with Crippen LogP contribution in [0.2, 0.25) is 0 Å². The number of fused-ring (bicyclic) bond motifs is 1. The Hall–Kier alpha value is -3.60. The molecule has 5 rings (SSSR count). The van der Waals surface area contributed by atoms with Gasteiger partial charge in [-0.3, -0.25) is 4.79 Å². The van der Waals surface area contributed by atoms with Crippen molar-refractivity contribution in [2.45, 2.75) is 52.5 Å². The van der Waals surface area contributed by atoms with Crippen LogP contribution in [0.15, 0.2) is 66.7 Å². The first-order valence-corrected chi connectivity index (χ1v) is 12.5. The number of aryl methyl sites for hydroxylation is 2. The maximum atomic E-state index is 13.0. The number of para-hydroxylation sites is 2. The molecule has 0 spiro atoms. The topological polar surface area (TPSA) is 47.4 Å². The quantitative estimate of drug-likeness (QED) is 0.317. The lowest BCUT2D eigenvalue weighted by Gasteiger charge is -2.19. The highest BCUT2D eigenvalue weighted by atomic mass is 16.5. The molecule has 1 fully saturated rings. The molecule has 0 saturated carbocycles. The van der Waals surface area contributed by atoms with E-state index in [2.05, 4.69) is 68.7 Å². The summed E-state index contributed by atoms with van der Waals surface area (Å²) < 4.78 is 8.57. The molecular weight excluding hydrogens is 434 g/mol. The van der Waals surface area contributed by atoms with E-state index < -0.39 is 0 Å². The first kappa shape index (κ1) is 23.2. The maximum absolute atomic E-state index is 13.0. The van der Waals surface area contributed by atoms with Crippen LogP contribution in [0.1, 0.15) is 54.6 Å². The van der Waals surface area contributed by atoms with Crippen molar-refractivity contribution in [2.24, 2.45) is 0 Å². The molecule has 1 aromatic heterocycles. The maximum Gasteiger partial charge on any atom is 0.227 e. The summed E-state index contributed by atoms with van der Waals surface area (Å²) in [5.41, 5.74) is 6.58. The number of carbonyl (C=O) groups is 1. The molecule has 1 aliphatic rings. The van der Waals surface area contributed by atoms with Crippen LogP contribution in [0, 0.1) is 13.8 Å². The van der Waals surface area contributed by atoms with Crippen molar-refractivity contribution in [3.8, 4) is 5.75 Å². The summed E-state index contributed by atoms with van der Waals surface area (Å²) >= 11 is 0. The molecule has 4 aromatic rings. The Bertz CT molecular complexity index is 1370. The number of carbonyl (C=O) groups excluding carboxylic acids is 1. The molecule has 0 N–H and O–H groups in total. The van der Waals surface area contributed by atoms with E-state index in [0.717, 1.165) is 33.9 Å². The van der Waals surface area contributed by atoms with Crippen LogP contribution in [0.5, 0.6) is 5.75 Å². The van der Waals surface area contributed by atoms with Crippen LogP contribution in [-0.2, 0) is 11.3 Å². The molecule has 1 atom stereocenters. The molecule has 5 heteroatoms. The molecule has 1 amide bonds. The Balaban J connectivity index is 1.41. The summed E-state index contributed by atoms with van der Waals surface area (Å²) in [6.45, 7) is 10.4. The number of aromatic nitrogens is 2. The van der Waals surface area contributed by atoms with E-state index in [0.29, 0.717) is 32.0 Å². The molecule has 2 heterocycles. The first-order valence-electron chi connectivity index (χ1n) is 12.5. The Morgan fingerprint density at radius 2 is 1.80 bits per heavy atom. The lowest BCUT2D eigenvalue weighted by atomic mass is 10.0. The SMILES string of the molecule is Cc1cccc(N2CC(c3nc4ccccc4n3CCOc3cc(C)ccc3C(C)C)CC2=O)c1. The zero-order valence-corrected chi connectivity index (χ0v) is 21.0. The van der Waals surface area contributed by atoms with Crippen LogP contribution in [0.25, 0.3) is 11.0 Å². The van der Waals surface area contributed by atoms with E-state index in [9.17, 15) is 4.79 Å². The molecule has 3 aromatic carbocycles. The van der Waals surface area contributed by atoms with Gasteiger partial charge in [-0.25, -0.2) is 4.98 Å². The van der Waals surface area contributed by atoms with Crippen molar-refractivity contribution < 1.29 is 9.53 Å². The lowest BCUT2D eigenvalue weighted by Crippen LogP contribution is -2.24. The number of rotatable bonds is 7. The highest BCUT2D eigenvalue weighted by molar-refractivity contribution is 5.96. The van der Waals surface area contributed by atoms with Gasteiger partial charge in [0.15, 0.2) is 0 Å². The number of benzene rings is 3. The lowest BCUT2D eigenvalue weighted by molar-refractivity contribution is -0.117. The summed E-state index contributed by atoms with van der Waals surface area (Å²) in [5, 5.41) is 0. The minimum absolute atomic E-state index is 0.0422. The highest BCUT2D eigenvalue weighted by Crippen LogP contribution is 2.34. The van der Waals surface area contributed by atoms with Gasteiger partial charge in [0.2, 0.25) is 5.91 Å². The zero-order chi connectivity index (χ0) is 24.5. The molecule has 180 valence electrons. The van der Waals surface area contributed by atoms with Gasteiger partial charge in [-0.1, -0.05) is 50.2 Å². The normalized spacial score (nSPS) is 16.0. The van der Waals surface area contributed by atoms with E-state index >= 15 is 0 Å². The average molecular weight is 468 g/mol. The van der Waals surface area contributed by atoms with Crippen LogP contribution in [-0.4, -0.2) is 28.6 Å². The van der Waals surface area contributed by atoms with Gasteiger partial charge < -0.3 is 14.2 Å². The molecule has 1 unspecified atom stereocenters. The third-order valence-electron chi connectivity index (χ3n) is 6.85. The fraction of sp³-hybridized carbons (Fsp3) is 0.333. The van der Waals surface area contributed by atoms with E-state index in [1.165, 1.54) is 11.1 Å². The van der Waals surface area contributed by atoms with Crippen LogP contribution < -0.4 is 9.64 Å². The highest BCUT2D eigenvalue weighted by Gasteiger charge is 2.34. The van der Waals surface area contributed by atoms with Gasteiger partial charge >= 0.3 is 0 Å². The van der Waals surface area contributed by atoms with Gasteiger partial charge in [0.05, 0.1) is 17.6 Å². The van der Waals surface area contributed by atoms with Gasteiger partial charge in [-0.2, -0.15) is 0 Å². The van der Waals surface area contributed by atoms with Gasteiger partial charge in [0.1, 0.15) is 18.2 Å². The summed E-state index contributed by atoms with van der Waals surface area (Å²) in [5.74, 6) is 2.50. The minimum atomic E-state index is 0.0422. The molecular formula is C30H33N3O2. The standard InChI is InChI=1S/C30H33N3O2/c1-20(2)25-13-12-22(4)17-28(25)35-15-14-32-27-11-6-5-10-26(27)31-30(32)23-18-29(34)33(19-23)24-9-7-8-21(3)16-24/h5-13,16-17,20,23H,14-15,18-19H2,1-4H3. The summed E-state index contributed by atoms with van der Waals surface area (Å²) in [4.78, 5) is 19.9. The zero-order valence-electron chi connectivity index (χ0n) is 21.0. The van der Waals surface area contributed by atoms with Gasteiger partial charge in [-0.05, 0) is 66.8 Å².